The molecule has 1 aromatic heterocycles. The highest BCUT2D eigenvalue weighted by atomic mass is 127. The van der Waals surface area contributed by atoms with Crippen LogP contribution in [0.3, 0.4) is 0 Å². The maximum Gasteiger partial charge on any atom is 0.303 e. The zero-order chi connectivity index (χ0) is 23.8. The standard InChI is InChI=1S/C19H26IN3O9/c1-10(24)28-9-15-16(29-11(2)25)17(30-12(3)26)18(31-13(4)27)19(32-15)23-8-14(21-22-23)6-5-7-20/h8,15-19H,5-7,9H2,1-4H3. The van der Waals surface area contributed by atoms with E-state index in [1.54, 1.807) is 6.20 Å². The van der Waals surface area contributed by atoms with Crippen molar-refractivity contribution in [2.45, 2.75) is 71.2 Å². The predicted octanol–water partition coefficient (Wildman–Crippen LogP) is 0.901. The van der Waals surface area contributed by atoms with E-state index in [0.717, 1.165) is 17.8 Å². The SMILES string of the molecule is CC(=O)OCC1OC(n2cc(CCCI)nn2)C(OC(C)=O)C(OC(C)=O)C1OC(C)=O. The molecule has 0 bridgehead atoms. The molecule has 178 valence electrons. The lowest BCUT2D eigenvalue weighted by Crippen LogP contribution is -2.60. The Morgan fingerprint density at radius 3 is 2.12 bits per heavy atom. The highest BCUT2D eigenvalue weighted by Crippen LogP contribution is 2.34. The van der Waals surface area contributed by atoms with E-state index in [2.05, 4.69) is 32.9 Å². The van der Waals surface area contributed by atoms with Gasteiger partial charge in [0, 0.05) is 27.7 Å². The molecule has 1 aliphatic rings. The number of alkyl halides is 1. The Balaban J connectivity index is 2.47. The summed E-state index contributed by atoms with van der Waals surface area (Å²) >= 11 is 2.25. The van der Waals surface area contributed by atoms with Crippen LogP contribution in [0.4, 0.5) is 0 Å². The molecule has 0 spiro atoms. The van der Waals surface area contributed by atoms with Crippen LogP contribution in [0.5, 0.6) is 0 Å². The van der Waals surface area contributed by atoms with Gasteiger partial charge in [-0.3, -0.25) is 19.2 Å². The van der Waals surface area contributed by atoms with Crippen LogP contribution in [-0.2, 0) is 49.3 Å². The van der Waals surface area contributed by atoms with Crippen LogP contribution in [-0.4, -0.2) is 74.3 Å². The van der Waals surface area contributed by atoms with E-state index < -0.39 is 54.5 Å². The van der Waals surface area contributed by atoms with Gasteiger partial charge in [-0.1, -0.05) is 27.8 Å². The number of hydrogen-bond acceptors (Lipinski definition) is 11. The number of ether oxygens (including phenoxy) is 5. The third-order valence-corrected chi connectivity index (χ3v) is 5.11. The summed E-state index contributed by atoms with van der Waals surface area (Å²) in [4.78, 5) is 46.8. The number of halogens is 1. The molecule has 1 aromatic rings. The minimum absolute atomic E-state index is 0.301. The fourth-order valence-electron chi connectivity index (χ4n) is 3.22. The molecule has 2 rings (SSSR count). The van der Waals surface area contributed by atoms with Crippen LogP contribution in [0, 0.1) is 0 Å². The molecule has 2 heterocycles. The van der Waals surface area contributed by atoms with Crippen molar-refractivity contribution in [2.24, 2.45) is 0 Å². The van der Waals surface area contributed by atoms with Gasteiger partial charge in [0.1, 0.15) is 12.7 Å². The van der Waals surface area contributed by atoms with E-state index in [0.29, 0.717) is 12.1 Å². The summed E-state index contributed by atoms with van der Waals surface area (Å²) in [5.41, 5.74) is 0.689. The number of hydrogen-bond donors (Lipinski definition) is 0. The summed E-state index contributed by atoms with van der Waals surface area (Å²) in [5.74, 6) is -2.64. The zero-order valence-electron chi connectivity index (χ0n) is 18.2. The van der Waals surface area contributed by atoms with Crippen molar-refractivity contribution in [3.63, 3.8) is 0 Å². The highest BCUT2D eigenvalue weighted by Gasteiger charge is 2.53. The Morgan fingerprint density at radius 1 is 0.969 bits per heavy atom. The lowest BCUT2D eigenvalue weighted by Gasteiger charge is -2.44. The van der Waals surface area contributed by atoms with E-state index in [1.807, 2.05) is 0 Å². The van der Waals surface area contributed by atoms with Gasteiger partial charge in [0.2, 0.25) is 0 Å². The van der Waals surface area contributed by atoms with Crippen molar-refractivity contribution in [1.82, 2.24) is 15.0 Å². The molecule has 0 amide bonds. The van der Waals surface area contributed by atoms with E-state index in [4.69, 9.17) is 23.7 Å². The highest BCUT2D eigenvalue weighted by molar-refractivity contribution is 14.1. The Bertz CT molecular complexity index is 831. The smallest absolute Gasteiger partial charge is 0.303 e. The number of rotatable bonds is 9. The fourth-order valence-corrected chi connectivity index (χ4v) is 3.60. The van der Waals surface area contributed by atoms with Crippen LogP contribution >= 0.6 is 22.6 Å². The Labute approximate surface area is 198 Å². The summed E-state index contributed by atoms with van der Waals surface area (Å²) in [5, 5.41) is 8.18. The molecule has 13 heteroatoms. The van der Waals surface area contributed by atoms with Gasteiger partial charge in [0.05, 0.1) is 11.9 Å². The first-order valence-electron chi connectivity index (χ1n) is 9.89. The molecular weight excluding hydrogens is 541 g/mol. The van der Waals surface area contributed by atoms with E-state index in [1.165, 1.54) is 25.5 Å². The summed E-state index contributed by atoms with van der Waals surface area (Å²) in [7, 11) is 0. The Morgan fingerprint density at radius 2 is 1.56 bits per heavy atom. The second kappa shape index (κ2) is 12.1. The van der Waals surface area contributed by atoms with Crippen molar-refractivity contribution in [2.75, 3.05) is 11.0 Å². The van der Waals surface area contributed by atoms with E-state index in [-0.39, 0.29) is 6.61 Å². The molecule has 0 saturated carbocycles. The van der Waals surface area contributed by atoms with E-state index in [9.17, 15) is 19.2 Å². The van der Waals surface area contributed by atoms with Crippen LogP contribution in [0.2, 0.25) is 0 Å². The zero-order valence-corrected chi connectivity index (χ0v) is 20.3. The van der Waals surface area contributed by atoms with Crippen LogP contribution in [0.15, 0.2) is 6.20 Å². The summed E-state index contributed by atoms with van der Waals surface area (Å²) in [6.07, 6.45) is -2.60. The molecular formula is C19H26IN3O9. The molecule has 0 aromatic carbocycles. The molecule has 0 N–H and O–H groups in total. The minimum atomic E-state index is -1.25. The van der Waals surface area contributed by atoms with Gasteiger partial charge < -0.3 is 23.7 Å². The Hall–Kier alpha value is -2.29. The summed E-state index contributed by atoms with van der Waals surface area (Å²) < 4.78 is 29.5. The third-order valence-electron chi connectivity index (χ3n) is 4.35. The summed E-state index contributed by atoms with van der Waals surface area (Å²) in [6, 6.07) is 0. The lowest BCUT2D eigenvalue weighted by atomic mass is 9.97. The first-order valence-corrected chi connectivity index (χ1v) is 11.4. The molecule has 5 atom stereocenters. The largest absolute Gasteiger partial charge is 0.463 e. The topological polar surface area (TPSA) is 145 Å². The van der Waals surface area contributed by atoms with Crippen molar-refractivity contribution in [1.29, 1.82) is 0 Å². The lowest BCUT2D eigenvalue weighted by molar-refractivity contribution is -0.270. The summed E-state index contributed by atoms with van der Waals surface area (Å²) in [6.45, 7) is 4.42. The van der Waals surface area contributed by atoms with Crippen LogP contribution in [0.1, 0.15) is 46.0 Å². The van der Waals surface area contributed by atoms with Crippen molar-refractivity contribution >= 4 is 46.5 Å². The number of esters is 4. The second-order valence-electron chi connectivity index (χ2n) is 7.07. The first kappa shape index (κ1) is 26.0. The number of nitrogens with zero attached hydrogens (tertiary/aromatic N) is 3. The molecule has 1 fully saturated rings. The minimum Gasteiger partial charge on any atom is -0.463 e. The number of carbonyl (C=O) groups is 4. The maximum atomic E-state index is 11.9. The van der Waals surface area contributed by atoms with Gasteiger partial charge in [-0.25, -0.2) is 4.68 Å². The third kappa shape index (κ3) is 7.39. The van der Waals surface area contributed by atoms with Gasteiger partial charge in [0.15, 0.2) is 24.5 Å². The van der Waals surface area contributed by atoms with Gasteiger partial charge in [-0.05, 0) is 17.3 Å². The Kier molecular flexibility index (Phi) is 9.81. The fraction of sp³-hybridized carbons (Fsp3) is 0.684. The quantitative estimate of drug-likeness (QED) is 0.182. The number of aromatic nitrogens is 3. The normalized spacial score (nSPS) is 25.0. The molecule has 1 saturated heterocycles. The molecule has 1 aliphatic heterocycles. The molecule has 0 radical (unpaired) electrons. The van der Waals surface area contributed by atoms with Gasteiger partial charge >= 0.3 is 23.9 Å². The van der Waals surface area contributed by atoms with Crippen molar-refractivity contribution < 1.29 is 42.9 Å². The van der Waals surface area contributed by atoms with E-state index >= 15 is 0 Å². The van der Waals surface area contributed by atoms with Crippen molar-refractivity contribution in [3.05, 3.63) is 11.9 Å². The number of carbonyl (C=O) groups excluding carboxylic acids is 4. The molecule has 12 nitrogen and oxygen atoms in total. The molecule has 0 aliphatic carbocycles. The van der Waals surface area contributed by atoms with Crippen molar-refractivity contribution in [3.8, 4) is 0 Å². The van der Waals surface area contributed by atoms with Gasteiger partial charge in [0.25, 0.3) is 0 Å². The first-order chi connectivity index (χ1) is 15.1. The molecule has 32 heavy (non-hydrogen) atoms. The monoisotopic (exact) mass is 567 g/mol. The van der Waals surface area contributed by atoms with Crippen LogP contribution in [0.25, 0.3) is 0 Å². The maximum absolute atomic E-state index is 11.9. The number of aryl methyl sites for hydroxylation is 1. The van der Waals surface area contributed by atoms with Crippen LogP contribution < -0.4 is 0 Å². The average Bonchev–Trinajstić information content (AvgIpc) is 3.15. The van der Waals surface area contributed by atoms with Gasteiger partial charge in [-0.15, -0.1) is 5.10 Å². The second-order valence-corrected chi connectivity index (χ2v) is 8.15. The average molecular weight is 567 g/mol. The molecule has 5 unspecified atom stereocenters. The predicted molar refractivity (Wildman–Crippen MR) is 114 cm³/mol. The van der Waals surface area contributed by atoms with Gasteiger partial charge in [-0.2, -0.15) is 0 Å².